The van der Waals surface area contributed by atoms with E-state index in [0.29, 0.717) is 0 Å². The van der Waals surface area contributed by atoms with Gasteiger partial charge >= 0.3 is 0 Å². The van der Waals surface area contributed by atoms with Gasteiger partial charge in [-0.05, 0) is 16.8 Å². The summed E-state index contributed by atoms with van der Waals surface area (Å²) in [5.74, 6) is 0. The average Bonchev–Trinajstić information content (AvgIpc) is 2.63. The highest BCUT2D eigenvalue weighted by atomic mass is 14.7. The van der Waals surface area contributed by atoms with Crippen LogP contribution >= 0.6 is 0 Å². The van der Waals surface area contributed by atoms with Crippen molar-refractivity contribution >= 4 is 17.0 Å². The van der Waals surface area contributed by atoms with Crippen molar-refractivity contribution in [1.82, 2.24) is 4.98 Å². The highest BCUT2D eigenvalue weighted by molar-refractivity contribution is 6.13. The number of aromatic amines is 1. The fourth-order valence-corrected chi connectivity index (χ4v) is 2.12. The minimum absolute atomic E-state index is 0.973. The van der Waals surface area contributed by atoms with Crippen molar-refractivity contribution in [2.45, 2.75) is 0 Å². The maximum absolute atomic E-state index is 7.48. The lowest BCUT2D eigenvalue weighted by Gasteiger charge is -1.98. The third-order valence-corrected chi connectivity index (χ3v) is 2.78. The first-order valence-corrected chi connectivity index (χ1v) is 4.90. The van der Waals surface area contributed by atoms with Crippen molar-refractivity contribution in [1.29, 1.82) is 5.41 Å². The van der Waals surface area contributed by atoms with Crippen molar-refractivity contribution in [2.75, 3.05) is 0 Å². The van der Waals surface area contributed by atoms with Crippen LogP contribution in [0.1, 0.15) is 5.56 Å². The molecular formula is C13H10N2. The largest absolute Gasteiger partial charge is 0.361 e. The van der Waals surface area contributed by atoms with Crippen LogP contribution in [0.25, 0.3) is 22.0 Å². The van der Waals surface area contributed by atoms with Crippen molar-refractivity contribution in [3.63, 3.8) is 0 Å². The van der Waals surface area contributed by atoms with E-state index in [2.05, 4.69) is 23.2 Å². The Hall–Kier alpha value is -2.09. The molecule has 1 heterocycles. The molecule has 0 bridgehead atoms. The third kappa shape index (κ3) is 1.02. The van der Waals surface area contributed by atoms with Crippen molar-refractivity contribution in [3.05, 3.63) is 48.2 Å². The van der Waals surface area contributed by atoms with Crippen LogP contribution in [0.4, 0.5) is 0 Å². The minimum atomic E-state index is 0.973. The first-order valence-electron chi connectivity index (χ1n) is 4.90. The summed E-state index contributed by atoms with van der Waals surface area (Å²) < 4.78 is 0. The van der Waals surface area contributed by atoms with Crippen LogP contribution in [0.5, 0.6) is 0 Å². The van der Waals surface area contributed by atoms with Gasteiger partial charge in [0.2, 0.25) is 0 Å². The van der Waals surface area contributed by atoms with Crippen LogP contribution in [0, 0.1) is 5.41 Å². The standard InChI is InChI=1S/C13H10N2/c14-8-12-10-5-2-1-4-9(10)11-6-3-7-15-13(11)12/h1-8,14-15H. The molecule has 0 saturated carbocycles. The van der Waals surface area contributed by atoms with Gasteiger partial charge in [-0.2, -0.15) is 0 Å². The molecule has 2 N–H and O–H groups in total. The molecule has 1 aromatic rings. The van der Waals surface area contributed by atoms with E-state index in [1.807, 2.05) is 24.4 Å². The van der Waals surface area contributed by atoms with Crippen molar-refractivity contribution in [2.24, 2.45) is 0 Å². The van der Waals surface area contributed by atoms with E-state index in [4.69, 9.17) is 5.41 Å². The maximum Gasteiger partial charge on any atom is 0.0554 e. The van der Waals surface area contributed by atoms with E-state index in [0.717, 1.165) is 16.6 Å². The van der Waals surface area contributed by atoms with Crippen molar-refractivity contribution in [3.8, 4) is 11.3 Å². The Labute approximate surface area is 87.4 Å². The summed E-state index contributed by atoms with van der Waals surface area (Å²) in [5, 5.41) is 9.83. The van der Waals surface area contributed by atoms with Crippen LogP contribution in [-0.2, 0) is 0 Å². The number of pyridine rings is 1. The number of rotatable bonds is 1. The van der Waals surface area contributed by atoms with E-state index in [-0.39, 0.29) is 0 Å². The van der Waals surface area contributed by atoms with Gasteiger partial charge in [-0.25, -0.2) is 0 Å². The summed E-state index contributed by atoms with van der Waals surface area (Å²) in [6.07, 6.45) is 3.31. The monoisotopic (exact) mass is 194 g/mol. The van der Waals surface area contributed by atoms with Gasteiger partial charge in [0.15, 0.2) is 0 Å². The quantitative estimate of drug-likeness (QED) is 0.558. The van der Waals surface area contributed by atoms with Crippen LogP contribution in [0.2, 0.25) is 0 Å². The Morgan fingerprint density at radius 3 is 2.60 bits per heavy atom. The molecule has 0 saturated heterocycles. The van der Waals surface area contributed by atoms with Gasteiger partial charge in [-0.15, -0.1) is 0 Å². The molecule has 1 aromatic carbocycles. The summed E-state index contributed by atoms with van der Waals surface area (Å²) in [5.41, 5.74) is 3.21. The molecule has 72 valence electrons. The average molecular weight is 194 g/mol. The third-order valence-electron chi connectivity index (χ3n) is 2.78. The number of benzene rings is 1. The van der Waals surface area contributed by atoms with Crippen LogP contribution in [0.15, 0.2) is 42.6 Å². The number of aromatic nitrogens is 1. The predicted octanol–water partition coefficient (Wildman–Crippen LogP) is 3.27. The highest BCUT2D eigenvalue weighted by Gasteiger charge is 2.14. The van der Waals surface area contributed by atoms with Crippen LogP contribution in [-0.4, -0.2) is 11.2 Å². The van der Waals surface area contributed by atoms with Gasteiger partial charge in [0, 0.05) is 23.5 Å². The van der Waals surface area contributed by atoms with E-state index in [1.165, 1.54) is 17.2 Å². The van der Waals surface area contributed by atoms with Crippen LogP contribution in [0.3, 0.4) is 0 Å². The lowest BCUT2D eigenvalue weighted by molar-refractivity contribution is 1.34. The normalized spacial score (nSPS) is 10.9. The first-order chi connectivity index (χ1) is 7.42. The summed E-state index contributed by atoms with van der Waals surface area (Å²) in [4.78, 5) is 3.21. The van der Waals surface area contributed by atoms with Gasteiger partial charge in [-0.1, -0.05) is 30.3 Å². The van der Waals surface area contributed by atoms with Crippen LogP contribution < -0.4 is 0 Å². The lowest BCUT2D eigenvalue weighted by Crippen LogP contribution is -1.84. The summed E-state index contributed by atoms with van der Waals surface area (Å²) >= 11 is 0. The van der Waals surface area contributed by atoms with E-state index in [9.17, 15) is 0 Å². The first kappa shape index (κ1) is 8.24. The Morgan fingerprint density at radius 1 is 1.00 bits per heavy atom. The van der Waals surface area contributed by atoms with E-state index >= 15 is 0 Å². The SMILES string of the molecule is N=Cc1c2[nH]cccc-2c2ccccc12. The summed E-state index contributed by atoms with van der Waals surface area (Å²) in [7, 11) is 0. The lowest BCUT2D eigenvalue weighted by atomic mass is 10.1. The molecule has 0 amide bonds. The molecule has 1 aliphatic heterocycles. The zero-order chi connectivity index (χ0) is 10.3. The van der Waals surface area contributed by atoms with Crippen molar-refractivity contribution < 1.29 is 0 Å². The second-order valence-corrected chi connectivity index (χ2v) is 3.56. The van der Waals surface area contributed by atoms with E-state index < -0.39 is 0 Å². The van der Waals surface area contributed by atoms with Gasteiger partial charge in [0.05, 0.1) is 5.69 Å². The van der Waals surface area contributed by atoms with Gasteiger partial charge in [-0.3, -0.25) is 0 Å². The molecule has 2 nitrogen and oxygen atoms in total. The number of H-pyrrole nitrogens is 1. The Kier molecular flexibility index (Phi) is 1.62. The fraction of sp³-hybridized carbons (Fsp3) is 0. The van der Waals surface area contributed by atoms with E-state index in [1.54, 1.807) is 0 Å². The Bertz CT molecular complexity index is 607. The summed E-state index contributed by atoms with van der Waals surface area (Å²) in [6.45, 7) is 0. The fourth-order valence-electron chi connectivity index (χ4n) is 2.12. The highest BCUT2D eigenvalue weighted by Crippen LogP contribution is 2.35. The molecule has 0 aromatic heterocycles. The molecule has 3 rings (SSSR count). The molecule has 0 spiro atoms. The minimum Gasteiger partial charge on any atom is -0.361 e. The molecule has 1 aliphatic carbocycles. The molecule has 0 radical (unpaired) electrons. The number of nitrogens with one attached hydrogen (secondary N) is 2. The molecule has 0 fully saturated rings. The number of hydrogen-bond acceptors (Lipinski definition) is 1. The summed E-state index contributed by atoms with van der Waals surface area (Å²) in [6, 6.07) is 12.3. The second-order valence-electron chi connectivity index (χ2n) is 3.56. The molecule has 2 aliphatic rings. The smallest absolute Gasteiger partial charge is 0.0554 e. The molecule has 0 atom stereocenters. The Balaban J connectivity index is 2.60. The molecular weight excluding hydrogens is 184 g/mol. The predicted molar refractivity (Wildman–Crippen MR) is 62.8 cm³/mol. The zero-order valence-electron chi connectivity index (χ0n) is 8.12. The number of hydrogen-bond donors (Lipinski definition) is 2. The van der Waals surface area contributed by atoms with Gasteiger partial charge in [0.25, 0.3) is 0 Å². The van der Waals surface area contributed by atoms with Gasteiger partial charge < -0.3 is 10.4 Å². The van der Waals surface area contributed by atoms with Gasteiger partial charge in [0.1, 0.15) is 0 Å². The Morgan fingerprint density at radius 2 is 1.80 bits per heavy atom. The number of fused-ring (bicyclic) bond motifs is 3. The zero-order valence-corrected chi connectivity index (χ0v) is 8.12. The molecule has 15 heavy (non-hydrogen) atoms. The second kappa shape index (κ2) is 2.95. The molecule has 2 heteroatoms. The maximum atomic E-state index is 7.48. The topological polar surface area (TPSA) is 39.6 Å². The molecule has 0 unspecified atom stereocenters.